The quantitative estimate of drug-likeness (QED) is 0.559. The number of nitrogens with zero attached hydrogens (tertiary/aromatic N) is 2. The van der Waals surface area contributed by atoms with Crippen LogP contribution in [0.15, 0.2) is 21.6 Å². The fourth-order valence-corrected chi connectivity index (χ4v) is 7.91. The number of ether oxygens (including phenoxy) is 2. The number of carbonyl (C=O) groups is 1. The molecule has 1 aromatic carbocycles. The fourth-order valence-electron chi connectivity index (χ4n) is 3.47. The minimum absolute atomic E-state index is 0.0370. The summed E-state index contributed by atoms with van der Waals surface area (Å²) in [5.74, 6) is 1.10. The van der Waals surface area contributed by atoms with E-state index < -0.39 is 9.84 Å². The van der Waals surface area contributed by atoms with Crippen molar-refractivity contribution < 1.29 is 22.7 Å². The van der Waals surface area contributed by atoms with E-state index in [0.717, 1.165) is 10.2 Å². The van der Waals surface area contributed by atoms with Gasteiger partial charge in [0.1, 0.15) is 0 Å². The lowest BCUT2D eigenvalue weighted by Crippen LogP contribution is -2.38. The van der Waals surface area contributed by atoms with Crippen LogP contribution >= 0.6 is 27.7 Å². The van der Waals surface area contributed by atoms with Gasteiger partial charge in [-0.15, -0.1) is 0 Å². The first kappa shape index (κ1) is 22.4. The molecule has 0 aliphatic carbocycles. The molecule has 2 atom stereocenters. The zero-order chi connectivity index (χ0) is 21.2. The topological polar surface area (TPSA) is 85.3 Å². The van der Waals surface area contributed by atoms with Crippen LogP contribution in [-0.2, 0) is 14.6 Å². The Kier molecular flexibility index (Phi) is 7.16. The van der Waals surface area contributed by atoms with Crippen LogP contribution in [0, 0.1) is 0 Å². The van der Waals surface area contributed by atoms with Crippen LogP contribution in [0.2, 0.25) is 0 Å². The monoisotopic (exact) mass is 504 g/mol. The van der Waals surface area contributed by atoms with Gasteiger partial charge in [-0.3, -0.25) is 4.79 Å². The molecule has 0 bridgehead atoms. The van der Waals surface area contributed by atoms with Crippen molar-refractivity contribution in [3.05, 3.63) is 16.6 Å². The van der Waals surface area contributed by atoms with Crippen LogP contribution in [0.25, 0.3) is 0 Å². The van der Waals surface area contributed by atoms with Crippen molar-refractivity contribution in [2.45, 2.75) is 44.9 Å². The predicted octanol–water partition coefficient (Wildman–Crippen LogP) is 3.65. The van der Waals surface area contributed by atoms with Crippen molar-refractivity contribution in [3.8, 4) is 11.5 Å². The third kappa shape index (κ3) is 4.91. The third-order valence-corrected chi connectivity index (χ3v) is 8.47. The maximum Gasteiger partial charge on any atom is 0.248 e. The SMILES string of the molecule is CCCC(=O)N=C1S[C@H]2CS(=O)(=O)C[C@@H]2N1c1cc(OCC)c(OCC)cc1Br. The Bertz CT molecular complexity index is 919. The van der Waals surface area contributed by atoms with E-state index in [1.54, 1.807) is 0 Å². The van der Waals surface area contributed by atoms with Gasteiger partial charge in [-0.05, 0) is 36.2 Å². The lowest BCUT2D eigenvalue weighted by atomic mass is 10.2. The number of aliphatic imine (C=N–C) groups is 1. The van der Waals surface area contributed by atoms with Crippen molar-refractivity contribution in [2.24, 2.45) is 4.99 Å². The summed E-state index contributed by atoms with van der Waals surface area (Å²) < 4.78 is 36.6. The molecule has 0 aromatic heterocycles. The molecule has 1 aromatic rings. The molecule has 29 heavy (non-hydrogen) atoms. The van der Waals surface area contributed by atoms with Gasteiger partial charge in [-0.1, -0.05) is 18.7 Å². The minimum Gasteiger partial charge on any atom is -0.490 e. The molecule has 0 unspecified atom stereocenters. The van der Waals surface area contributed by atoms with Gasteiger partial charge in [-0.2, -0.15) is 4.99 Å². The Morgan fingerprint density at radius 2 is 1.86 bits per heavy atom. The lowest BCUT2D eigenvalue weighted by Gasteiger charge is -2.27. The Morgan fingerprint density at radius 3 is 2.48 bits per heavy atom. The summed E-state index contributed by atoms with van der Waals surface area (Å²) in [6, 6.07) is 3.37. The van der Waals surface area contributed by atoms with Crippen molar-refractivity contribution in [1.82, 2.24) is 0 Å². The number of carbonyl (C=O) groups excluding carboxylic acids is 1. The first-order valence-corrected chi connectivity index (χ1v) is 13.2. The van der Waals surface area contributed by atoms with E-state index in [9.17, 15) is 13.2 Å². The number of amides is 1. The van der Waals surface area contributed by atoms with Crippen molar-refractivity contribution in [3.63, 3.8) is 0 Å². The highest BCUT2D eigenvalue weighted by molar-refractivity contribution is 9.10. The first-order chi connectivity index (χ1) is 13.8. The van der Waals surface area contributed by atoms with Crippen molar-refractivity contribution in [1.29, 1.82) is 0 Å². The van der Waals surface area contributed by atoms with Crippen LogP contribution in [0.4, 0.5) is 5.69 Å². The highest BCUT2D eigenvalue weighted by Gasteiger charge is 2.50. The van der Waals surface area contributed by atoms with E-state index in [-0.39, 0.29) is 28.7 Å². The summed E-state index contributed by atoms with van der Waals surface area (Å²) >= 11 is 4.95. The van der Waals surface area contributed by atoms with Gasteiger partial charge < -0.3 is 14.4 Å². The molecule has 3 rings (SSSR count). The smallest absolute Gasteiger partial charge is 0.248 e. The number of thioether (sulfide) groups is 1. The zero-order valence-corrected chi connectivity index (χ0v) is 19.9. The van der Waals surface area contributed by atoms with Crippen LogP contribution in [0.5, 0.6) is 11.5 Å². The number of rotatable bonds is 7. The fraction of sp³-hybridized carbons (Fsp3) is 0.579. The highest BCUT2D eigenvalue weighted by atomic mass is 79.9. The molecule has 0 saturated carbocycles. The third-order valence-electron chi connectivity index (χ3n) is 4.62. The summed E-state index contributed by atoms with van der Waals surface area (Å²) in [6.07, 6.45) is 1.07. The van der Waals surface area contributed by atoms with Gasteiger partial charge in [0.15, 0.2) is 26.5 Å². The molecule has 2 aliphatic rings. The molecule has 1 amide bonds. The van der Waals surface area contributed by atoms with Gasteiger partial charge in [-0.25, -0.2) is 8.42 Å². The van der Waals surface area contributed by atoms with E-state index in [4.69, 9.17) is 9.47 Å². The molecule has 2 fully saturated rings. The summed E-state index contributed by atoms with van der Waals surface area (Å²) in [6.45, 7) is 6.67. The molecule has 0 radical (unpaired) electrons. The van der Waals surface area contributed by atoms with Gasteiger partial charge in [0, 0.05) is 28.3 Å². The normalized spacial score (nSPS) is 24.0. The molecule has 0 spiro atoms. The first-order valence-electron chi connectivity index (χ1n) is 9.66. The van der Waals surface area contributed by atoms with Crippen LogP contribution < -0.4 is 14.4 Å². The summed E-state index contributed by atoms with van der Waals surface area (Å²) in [5, 5.41) is 0.392. The maximum atomic E-state index is 12.2. The predicted molar refractivity (Wildman–Crippen MR) is 120 cm³/mol. The number of amidine groups is 1. The molecule has 2 aliphatic heterocycles. The largest absolute Gasteiger partial charge is 0.490 e. The highest BCUT2D eigenvalue weighted by Crippen LogP contribution is 2.46. The average Bonchev–Trinajstić information content (AvgIpc) is 3.09. The minimum atomic E-state index is -3.13. The van der Waals surface area contributed by atoms with Crippen molar-refractivity contribution in [2.75, 3.05) is 29.6 Å². The standard InChI is InChI=1S/C19H25BrN2O5S2/c1-4-7-18(23)21-19-22(14-10-29(24,25)11-17(14)28-19)13-9-16(27-6-3)15(26-5-2)8-12(13)20/h8-9,14,17H,4-7,10-11H2,1-3H3/t14-,17-/m0/s1. The van der Waals surface area contributed by atoms with Gasteiger partial charge in [0.2, 0.25) is 5.91 Å². The lowest BCUT2D eigenvalue weighted by molar-refractivity contribution is -0.117. The number of benzene rings is 1. The summed E-state index contributed by atoms with van der Waals surface area (Å²) in [4.78, 5) is 18.4. The molecule has 2 saturated heterocycles. The molecule has 10 heteroatoms. The summed E-state index contributed by atoms with van der Waals surface area (Å²) in [7, 11) is -3.13. The second-order valence-corrected chi connectivity index (χ2v) is 11.0. The second kappa shape index (κ2) is 9.26. The van der Waals surface area contributed by atoms with Crippen LogP contribution in [0.1, 0.15) is 33.6 Å². The van der Waals surface area contributed by atoms with Gasteiger partial charge in [0.25, 0.3) is 0 Å². The summed E-state index contributed by atoms with van der Waals surface area (Å²) in [5.41, 5.74) is 0.719. The van der Waals surface area contributed by atoms with E-state index in [1.165, 1.54) is 11.8 Å². The van der Waals surface area contributed by atoms with Gasteiger partial charge >= 0.3 is 0 Å². The van der Waals surface area contributed by atoms with E-state index in [2.05, 4.69) is 20.9 Å². The number of hydrogen-bond acceptors (Lipinski definition) is 6. The number of fused-ring (bicyclic) bond motifs is 1. The Balaban J connectivity index is 2.08. The zero-order valence-electron chi connectivity index (χ0n) is 16.7. The molecule has 2 heterocycles. The molecule has 0 N–H and O–H groups in total. The molecule has 160 valence electrons. The number of sulfone groups is 1. The number of halogens is 1. The number of anilines is 1. The molecular weight excluding hydrogens is 480 g/mol. The van der Waals surface area contributed by atoms with E-state index in [1.807, 2.05) is 37.8 Å². The Hall–Kier alpha value is -1.26. The van der Waals surface area contributed by atoms with Gasteiger partial charge in [0.05, 0.1) is 36.4 Å². The average molecular weight is 505 g/mol. The van der Waals surface area contributed by atoms with E-state index in [0.29, 0.717) is 42.7 Å². The number of hydrogen-bond donors (Lipinski definition) is 0. The second-order valence-electron chi connectivity index (χ2n) is 6.83. The van der Waals surface area contributed by atoms with Crippen LogP contribution in [0.3, 0.4) is 0 Å². The van der Waals surface area contributed by atoms with Crippen LogP contribution in [-0.4, -0.2) is 55.5 Å². The van der Waals surface area contributed by atoms with E-state index >= 15 is 0 Å². The maximum absolute atomic E-state index is 12.2. The molecular formula is C19H25BrN2O5S2. The van der Waals surface area contributed by atoms with Crippen molar-refractivity contribution >= 4 is 54.3 Å². The molecule has 7 nitrogen and oxygen atoms in total. The Morgan fingerprint density at radius 1 is 1.21 bits per heavy atom. The Labute approximate surface area is 184 Å².